The molecule has 0 saturated heterocycles. The molecule has 1 aromatic carbocycles. The van der Waals surface area contributed by atoms with Crippen LogP contribution in [0.5, 0.6) is 0 Å². The van der Waals surface area contributed by atoms with Gasteiger partial charge in [-0.25, -0.2) is 27.3 Å². The second-order valence-corrected chi connectivity index (χ2v) is 6.62. The van der Waals surface area contributed by atoms with Gasteiger partial charge in [-0.05, 0) is 26.0 Å². The fourth-order valence-electron chi connectivity index (χ4n) is 1.79. The molecule has 0 bridgehead atoms. The largest absolute Gasteiger partial charge is 0.352 e. The summed E-state index contributed by atoms with van der Waals surface area (Å²) < 4.78 is 39.3. The Balaban J connectivity index is 2.24. The molecule has 1 aliphatic rings. The maximum absolute atomic E-state index is 13.5. The van der Waals surface area contributed by atoms with Crippen molar-refractivity contribution in [1.82, 2.24) is 9.73 Å². The van der Waals surface area contributed by atoms with E-state index in [1.54, 1.807) is 13.8 Å². The molecule has 2 amide bonds. The Kier molecular flexibility index (Phi) is 3.51. The van der Waals surface area contributed by atoms with Crippen LogP contribution in [0, 0.1) is 5.82 Å². The standard InChI is InChI=1S/C12H14FN3O3S/c1-12(2)7-8-14-16(12)11(17)15-20(18,19)10-6-4-3-5-9(10)13/h3-6,8H,7H2,1-2H3,(H,15,17). The van der Waals surface area contributed by atoms with Crippen molar-refractivity contribution < 1.29 is 17.6 Å². The zero-order valence-electron chi connectivity index (χ0n) is 11.0. The monoisotopic (exact) mass is 299 g/mol. The topological polar surface area (TPSA) is 78.8 Å². The van der Waals surface area contributed by atoms with Gasteiger partial charge in [-0.1, -0.05) is 12.1 Å². The summed E-state index contributed by atoms with van der Waals surface area (Å²) in [6.45, 7) is 3.49. The van der Waals surface area contributed by atoms with E-state index >= 15 is 0 Å². The minimum absolute atomic E-state index is 0.514. The van der Waals surface area contributed by atoms with Gasteiger partial charge in [0.1, 0.15) is 10.7 Å². The molecular weight excluding hydrogens is 285 g/mol. The van der Waals surface area contributed by atoms with Crippen LogP contribution in [-0.2, 0) is 10.0 Å². The zero-order chi connectivity index (χ0) is 15.0. The second-order valence-electron chi connectivity index (χ2n) is 4.97. The fourth-order valence-corrected chi connectivity index (χ4v) is 2.80. The van der Waals surface area contributed by atoms with Crippen LogP contribution in [-0.4, -0.2) is 31.2 Å². The Morgan fingerprint density at radius 1 is 1.40 bits per heavy atom. The van der Waals surface area contributed by atoms with Gasteiger partial charge in [0, 0.05) is 12.6 Å². The molecule has 0 radical (unpaired) electrons. The van der Waals surface area contributed by atoms with Crippen molar-refractivity contribution in [2.75, 3.05) is 0 Å². The summed E-state index contributed by atoms with van der Waals surface area (Å²) in [5.74, 6) is -0.919. The third-order valence-corrected chi connectivity index (χ3v) is 4.25. The van der Waals surface area contributed by atoms with E-state index in [-0.39, 0.29) is 0 Å². The lowest BCUT2D eigenvalue weighted by molar-refractivity contribution is 0.159. The number of rotatable bonds is 2. The number of hydrogen-bond acceptors (Lipinski definition) is 4. The first-order chi connectivity index (χ1) is 9.24. The van der Waals surface area contributed by atoms with Crippen molar-refractivity contribution in [2.45, 2.75) is 30.7 Å². The number of carbonyl (C=O) groups excluding carboxylic acids is 1. The van der Waals surface area contributed by atoms with Crippen LogP contribution >= 0.6 is 0 Å². The molecule has 1 aliphatic heterocycles. The summed E-state index contributed by atoms with van der Waals surface area (Å²) in [5.41, 5.74) is -0.616. The van der Waals surface area contributed by atoms with E-state index in [0.29, 0.717) is 6.42 Å². The first-order valence-corrected chi connectivity index (χ1v) is 7.36. The molecule has 0 atom stereocenters. The molecule has 1 N–H and O–H groups in total. The fraction of sp³-hybridized carbons (Fsp3) is 0.333. The minimum Gasteiger partial charge on any atom is -0.245 e. The molecule has 2 rings (SSSR count). The molecular formula is C12H14FN3O3S. The summed E-state index contributed by atoms with van der Waals surface area (Å²) in [4.78, 5) is 11.4. The van der Waals surface area contributed by atoms with Crippen LogP contribution in [0.15, 0.2) is 34.3 Å². The van der Waals surface area contributed by atoms with Crippen LogP contribution in [0.1, 0.15) is 20.3 Å². The minimum atomic E-state index is -4.27. The highest BCUT2D eigenvalue weighted by atomic mass is 32.2. The molecule has 20 heavy (non-hydrogen) atoms. The maximum atomic E-state index is 13.5. The number of sulfonamides is 1. The molecule has 0 unspecified atom stereocenters. The first-order valence-electron chi connectivity index (χ1n) is 5.88. The van der Waals surface area contributed by atoms with E-state index in [4.69, 9.17) is 0 Å². The molecule has 6 nitrogen and oxygen atoms in total. The second kappa shape index (κ2) is 4.86. The number of nitrogens with one attached hydrogen (secondary N) is 1. The summed E-state index contributed by atoms with van der Waals surface area (Å²) in [6, 6.07) is 3.93. The first kappa shape index (κ1) is 14.4. The average Bonchev–Trinajstić information content (AvgIpc) is 2.68. The van der Waals surface area contributed by atoms with Crippen molar-refractivity contribution in [3.05, 3.63) is 30.1 Å². The van der Waals surface area contributed by atoms with E-state index in [1.165, 1.54) is 18.3 Å². The molecule has 8 heteroatoms. The SMILES string of the molecule is CC1(C)CC=NN1C(=O)NS(=O)(=O)c1ccccc1F. The third-order valence-electron chi connectivity index (χ3n) is 2.90. The molecule has 0 spiro atoms. The Labute approximate surface area is 116 Å². The van der Waals surface area contributed by atoms with Gasteiger partial charge in [-0.3, -0.25) is 0 Å². The predicted octanol–water partition coefficient (Wildman–Crippen LogP) is 1.69. The Morgan fingerprint density at radius 3 is 2.60 bits per heavy atom. The number of hydrogen-bond donors (Lipinski definition) is 1. The Hall–Kier alpha value is -1.96. The summed E-state index contributed by atoms with van der Waals surface area (Å²) in [5, 5.41) is 4.86. The smallest absolute Gasteiger partial charge is 0.245 e. The normalized spacial score (nSPS) is 17.2. The van der Waals surface area contributed by atoms with Crippen LogP contribution in [0.2, 0.25) is 0 Å². The summed E-state index contributed by atoms with van der Waals surface area (Å²) in [6.07, 6.45) is 2.04. The highest BCUT2D eigenvalue weighted by molar-refractivity contribution is 7.90. The van der Waals surface area contributed by atoms with Crippen molar-refractivity contribution in [3.63, 3.8) is 0 Å². The summed E-state index contributed by atoms with van der Waals surface area (Å²) in [7, 11) is -4.27. The van der Waals surface area contributed by atoms with Crippen LogP contribution < -0.4 is 4.72 Å². The zero-order valence-corrected chi connectivity index (χ0v) is 11.8. The number of hydrazone groups is 1. The van der Waals surface area contributed by atoms with Crippen LogP contribution in [0.25, 0.3) is 0 Å². The third kappa shape index (κ3) is 2.64. The van der Waals surface area contributed by atoms with E-state index in [1.807, 2.05) is 4.72 Å². The highest BCUT2D eigenvalue weighted by Gasteiger charge is 2.36. The Morgan fingerprint density at radius 2 is 2.05 bits per heavy atom. The van der Waals surface area contributed by atoms with Crippen molar-refractivity contribution in [3.8, 4) is 0 Å². The molecule has 1 heterocycles. The summed E-state index contributed by atoms with van der Waals surface area (Å²) >= 11 is 0. The van der Waals surface area contributed by atoms with Crippen molar-refractivity contribution in [1.29, 1.82) is 0 Å². The molecule has 0 fully saturated rings. The van der Waals surface area contributed by atoms with Gasteiger partial charge in [-0.15, -0.1) is 0 Å². The number of amides is 2. The van der Waals surface area contributed by atoms with Crippen LogP contribution in [0.4, 0.5) is 9.18 Å². The molecule has 0 aliphatic carbocycles. The van der Waals surface area contributed by atoms with E-state index in [0.717, 1.165) is 17.1 Å². The number of urea groups is 1. The predicted molar refractivity (Wildman–Crippen MR) is 71.1 cm³/mol. The van der Waals surface area contributed by atoms with E-state index in [9.17, 15) is 17.6 Å². The Bertz CT molecular complexity index is 670. The number of halogens is 1. The van der Waals surface area contributed by atoms with E-state index in [2.05, 4.69) is 5.10 Å². The maximum Gasteiger partial charge on any atom is 0.352 e. The van der Waals surface area contributed by atoms with Gasteiger partial charge in [0.05, 0.1) is 5.54 Å². The number of nitrogens with zero attached hydrogens (tertiary/aromatic N) is 2. The molecule has 1 aromatic rings. The van der Waals surface area contributed by atoms with Crippen LogP contribution in [0.3, 0.4) is 0 Å². The van der Waals surface area contributed by atoms with Gasteiger partial charge < -0.3 is 0 Å². The number of benzene rings is 1. The molecule has 0 aromatic heterocycles. The van der Waals surface area contributed by atoms with Gasteiger partial charge in [0.15, 0.2) is 0 Å². The van der Waals surface area contributed by atoms with E-state index < -0.39 is 32.3 Å². The average molecular weight is 299 g/mol. The lowest BCUT2D eigenvalue weighted by atomic mass is 10.0. The van der Waals surface area contributed by atoms with Crippen molar-refractivity contribution >= 4 is 22.3 Å². The van der Waals surface area contributed by atoms with Crippen molar-refractivity contribution in [2.24, 2.45) is 5.10 Å². The quantitative estimate of drug-likeness (QED) is 0.902. The highest BCUT2D eigenvalue weighted by Crippen LogP contribution is 2.24. The van der Waals surface area contributed by atoms with Gasteiger partial charge in [-0.2, -0.15) is 5.10 Å². The molecule has 108 valence electrons. The number of carbonyl (C=O) groups is 1. The van der Waals surface area contributed by atoms with Gasteiger partial charge >= 0.3 is 6.03 Å². The van der Waals surface area contributed by atoms with Gasteiger partial charge in [0.2, 0.25) is 0 Å². The lowest BCUT2D eigenvalue weighted by Crippen LogP contribution is -2.47. The lowest BCUT2D eigenvalue weighted by Gasteiger charge is -2.28. The van der Waals surface area contributed by atoms with Gasteiger partial charge in [0.25, 0.3) is 10.0 Å². The molecule has 0 saturated carbocycles.